The van der Waals surface area contributed by atoms with E-state index in [0.29, 0.717) is 15.0 Å². The molecule has 0 bridgehead atoms. The minimum absolute atomic E-state index is 0.450. The van der Waals surface area contributed by atoms with Crippen LogP contribution in [0.25, 0.3) is 0 Å². The molecule has 70 valence electrons. The Kier molecular flexibility index (Phi) is 3.62. The molecule has 0 aliphatic rings. The average molecular weight is 359 g/mol. The minimum atomic E-state index is 0.450. The van der Waals surface area contributed by atoms with E-state index < -0.39 is 0 Å². The van der Waals surface area contributed by atoms with Gasteiger partial charge in [-0.2, -0.15) is 0 Å². The van der Waals surface area contributed by atoms with Crippen molar-refractivity contribution in [1.82, 2.24) is 0 Å². The maximum atomic E-state index is 2.33. The summed E-state index contributed by atoms with van der Waals surface area (Å²) in [5.74, 6) is 0. The first kappa shape index (κ1) is 10.2. The second kappa shape index (κ2) is 4.96. The second-order valence-corrected chi connectivity index (χ2v) is 6.52. The van der Waals surface area contributed by atoms with Crippen molar-refractivity contribution in [3.63, 3.8) is 0 Å². The summed E-state index contributed by atoms with van der Waals surface area (Å²) in [5, 5.41) is 0. The van der Waals surface area contributed by atoms with E-state index in [1.807, 2.05) is 0 Å². The van der Waals surface area contributed by atoms with Crippen molar-refractivity contribution in [2.24, 2.45) is 0 Å². The summed E-state index contributed by atoms with van der Waals surface area (Å²) in [5.41, 5.74) is 0. The van der Waals surface area contributed by atoms with Gasteiger partial charge in [-0.05, 0) is 0 Å². The maximum absolute atomic E-state index is 2.33. The fourth-order valence-corrected chi connectivity index (χ4v) is 3.24. The summed E-state index contributed by atoms with van der Waals surface area (Å²) in [6, 6.07) is 19.4. The van der Waals surface area contributed by atoms with Crippen molar-refractivity contribution < 1.29 is 0 Å². The normalized spacial score (nSPS) is 10.1. The van der Waals surface area contributed by atoms with E-state index in [1.54, 1.807) is 0 Å². The molecule has 0 heterocycles. The molecular formula is C12H9ISe. The van der Waals surface area contributed by atoms with Crippen LogP contribution in [-0.2, 0) is 0 Å². The Morgan fingerprint density at radius 1 is 0.714 bits per heavy atom. The second-order valence-electron chi connectivity index (χ2n) is 2.87. The summed E-state index contributed by atoms with van der Waals surface area (Å²) in [4.78, 5) is 0. The van der Waals surface area contributed by atoms with E-state index in [-0.39, 0.29) is 0 Å². The third kappa shape index (κ3) is 2.84. The number of halogens is 1. The van der Waals surface area contributed by atoms with Crippen molar-refractivity contribution in [3.8, 4) is 0 Å². The Bertz CT molecular complexity index is 394. The van der Waals surface area contributed by atoms with Crippen LogP contribution >= 0.6 is 22.6 Å². The molecule has 0 radical (unpaired) electrons. The Balaban J connectivity index is 2.16. The molecular weight excluding hydrogens is 350 g/mol. The van der Waals surface area contributed by atoms with E-state index in [9.17, 15) is 0 Å². The molecule has 2 aromatic rings. The number of hydrogen-bond donors (Lipinski definition) is 0. The van der Waals surface area contributed by atoms with Crippen molar-refractivity contribution >= 4 is 46.5 Å². The summed E-state index contributed by atoms with van der Waals surface area (Å²) in [6.45, 7) is 0. The van der Waals surface area contributed by atoms with E-state index in [2.05, 4.69) is 77.2 Å². The van der Waals surface area contributed by atoms with Crippen molar-refractivity contribution in [2.75, 3.05) is 0 Å². The monoisotopic (exact) mass is 360 g/mol. The number of benzene rings is 2. The molecule has 0 unspecified atom stereocenters. The fourth-order valence-electron chi connectivity index (χ4n) is 1.13. The predicted octanol–water partition coefficient (Wildman–Crippen LogP) is 1.95. The molecule has 0 aliphatic heterocycles. The molecule has 0 nitrogen and oxygen atoms in total. The summed E-state index contributed by atoms with van der Waals surface area (Å²) in [7, 11) is 0. The molecule has 0 amide bonds. The van der Waals surface area contributed by atoms with Gasteiger partial charge in [0.15, 0.2) is 0 Å². The van der Waals surface area contributed by atoms with Gasteiger partial charge in [0.25, 0.3) is 0 Å². The summed E-state index contributed by atoms with van der Waals surface area (Å²) in [6.07, 6.45) is 0. The van der Waals surface area contributed by atoms with Gasteiger partial charge < -0.3 is 0 Å². The first-order valence-corrected chi connectivity index (χ1v) is 7.12. The molecule has 0 aliphatic carbocycles. The van der Waals surface area contributed by atoms with Gasteiger partial charge in [0.2, 0.25) is 0 Å². The average Bonchev–Trinajstić information content (AvgIpc) is 2.23. The SMILES string of the molecule is Ic1ccc([Se]c2ccccc2)cc1. The zero-order valence-corrected chi connectivity index (χ0v) is 11.4. The standard InChI is InChI=1S/C12H9ISe/c13-10-6-8-12(9-7-10)14-11-4-2-1-3-5-11/h1-9H. The van der Waals surface area contributed by atoms with Crippen LogP contribution in [0, 0.1) is 3.57 Å². The van der Waals surface area contributed by atoms with Gasteiger partial charge in [0.05, 0.1) is 0 Å². The molecule has 2 heteroatoms. The molecule has 0 spiro atoms. The molecule has 0 atom stereocenters. The number of hydrogen-bond acceptors (Lipinski definition) is 0. The molecule has 0 saturated carbocycles. The fraction of sp³-hybridized carbons (Fsp3) is 0. The first-order valence-electron chi connectivity index (χ1n) is 4.33. The van der Waals surface area contributed by atoms with Gasteiger partial charge in [-0.3, -0.25) is 0 Å². The van der Waals surface area contributed by atoms with Crippen LogP contribution < -0.4 is 8.92 Å². The molecule has 0 saturated heterocycles. The Labute approximate surface area is 104 Å². The molecule has 2 rings (SSSR count). The van der Waals surface area contributed by atoms with Crippen molar-refractivity contribution in [3.05, 3.63) is 58.2 Å². The molecule has 0 fully saturated rings. The Morgan fingerprint density at radius 3 is 1.93 bits per heavy atom. The van der Waals surface area contributed by atoms with Crippen molar-refractivity contribution in [1.29, 1.82) is 0 Å². The molecule has 14 heavy (non-hydrogen) atoms. The third-order valence-corrected chi connectivity index (χ3v) is 4.64. The van der Waals surface area contributed by atoms with Crippen LogP contribution in [0.5, 0.6) is 0 Å². The van der Waals surface area contributed by atoms with Crippen LogP contribution in [0.3, 0.4) is 0 Å². The van der Waals surface area contributed by atoms with Crippen LogP contribution in [0.2, 0.25) is 0 Å². The van der Waals surface area contributed by atoms with Gasteiger partial charge in [0, 0.05) is 0 Å². The molecule has 0 N–H and O–H groups in total. The van der Waals surface area contributed by atoms with E-state index in [0.717, 1.165) is 0 Å². The Morgan fingerprint density at radius 2 is 1.29 bits per heavy atom. The zero-order chi connectivity index (χ0) is 9.80. The van der Waals surface area contributed by atoms with Gasteiger partial charge in [-0.25, -0.2) is 0 Å². The van der Waals surface area contributed by atoms with E-state index in [1.165, 1.54) is 12.5 Å². The van der Waals surface area contributed by atoms with Gasteiger partial charge in [0.1, 0.15) is 0 Å². The van der Waals surface area contributed by atoms with Gasteiger partial charge >= 0.3 is 105 Å². The Hall–Kier alpha value is -0.311. The predicted molar refractivity (Wildman–Crippen MR) is 70.6 cm³/mol. The quantitative estimate of drug-likeness (QED) is 0.568. The van der Waals surface area contributed by atoms with E-state index >= 15 is 0 Å². The zero-order valence-electron chi connectivity index (χ0n) is 7.48. The van der Waals surface area contributed by atoms with Crippen LogP contribution in [-0.4, -0.2) is 15.0 Å². The first-order chi connectivity index (χ1) is 6.84. The van der Waals surface area contributed by atoms with Gasteiger partial charge in [-0.15, -0.1) is 0 Å². The van der Waals surface area contributed by atoms with Crippen LogP contribution in [0.1, 0.15) is 0 Å². The van der Waals surface area contributed by atoms with Crippen LogP contribution in [0.15, 0.2) is 54.6 Å². The van der Waals surface area contributed by atoms with E-state index in [4.69, 9.17) is 0 Å². The molecule has 0 aromatic heterocycles. The van der Waals surface area contributed by atoms with Crippen molar-refractivity contribution in [2.45, 2.75) is 0 Å². The van der Waals surface area contributed by atoms with Crippen LogP contribution in [0.4, 0.5) is 0 Å². The summed E-state index contributed by atoms with van der Waals surface area (Å²) >= 11 is 2.78. The molecule has 2 aromatic carbocycles. The summed E-state index contributed by atoms with van der Waals surface area (Å²) < 4.78 is 4.17. The topological polar surface area (TPSA) is 0 Å². The third-order valence-electron chi connectivity index (χ3n) is 1.79. The number of rotatable bonds is 2. The van der Waals surface area contributed by atoms with Gasteiger partial charge in [-0.1, -0.05) is 0 Å².